The van der Waals surface area contributed by atoms with Crippen LogP contribution in [0.3, 0.4) is 0 Å². The van der Waals surface area contributed by atoms with E-state index >= 15 is 0 Å². The van der Waals surface area contributed by atoms with Crippen molar-refractivity contribution in [2.75, 3.05) is 7.11 Å². The van der Waals surface area contributed by atoms with Crippen molar-refractivity contribution in [2.24, 2.45) is 0 Å². The van der Waals surface area contributed by atoms with Gasteiger partial charge in [-0.3, -0.25) is 0 Å². The van der Waals surface area contributed by atoms with E-state index in [4.69, 9.17) is 9.47 Å². The lowest BCUT2D eigenvalue weighted by molar-refractivity contribution is 0.306. The maximum atomic E-state index is 5.96. The van der Waals surface area contributed by atoms with E-state index in [0.29, 0.717) is 6.61 Å². The summed E-state index contributed by atoms with van der Waals surface area (Å²) < 4.78 is 11.4. The second-order valence-electron chi connectivity index (χ2n) is 5.97. The average Bonchev–Trinajstić information content (AvgIpc) is 2.97. The van der Waals surface area contributed by atoms with Gasteiger partial charge in [-0.2, -0.15) is 0 Å². The summed E-state index contributed by atoms with van der Waals surface area (Å²) in [4.78, 5) is 3.45. The highest BCUT2D eigenvalue weighted by molar-refractivity contribution is 6.08. The minimum atomic E-state index is 0.571. The van der Waals surface area contributed by atoms with Gasteiger partial charge in [-0.05, 0) is 42.3 Å². The number of ether oxygens (including phenoxy) is 2. The highest BCUT2D eigenvalue weighted by Crippen LogP contribution is 2.33. The first-order chi connectivity index (χ1) is 11.7. The van der Waals surface area contributed by atoms with Gasteiger partial charge in [0.1, 0.15) is 18.1 Å². The summed E-state index contributed by atoms with van der Waals surface area (Å²) in [6.45, 7) is 2.63. The summed E-state index contributed by atoms with van der Waals surface area (Å²) in [7, 11) is 1.70. The van der Waals surface area contributed by atoms with Crippen LogP contribution in [0, 0.1) is 6.92 Å². The number of hydrogen-bond acceptors (Lipinski definition) is 2. The van der Waals surface area contributed by atoms with E-state index in [9.17, 15) is 0 Å². The molecule has 24 heavy (non-hydrogen) atoms. The Morgan fingerprint density at radius 1 is 0.875 bits per heavy atom. The van der Waals surface area contributed by atoms with Crippen LogP contribution in [0.4, 0.5) is 0 Å². The van der Waals surface area contributed by atoms with Crippen molar-refractivity contribution in [2.45, 2.75) is 13.5 Å². The summed E-state index contributed by atoms with van der Waals surface area (Å²) in [5.41, 5.74) is 4.47. The lowest BCUT2D eigenvalue weighted by atomic mass is 10.1. The van der Waals surface area contributed by atoms with Crippen molar-refractivity contribution in [1.29, 1.82) is 0 Å². The first kappa shape index (κ1) is 14.6. The number of aromatic amines is 1. The van der Waals surface area contributed by atoms with Crippen molar-refractivity contribution in [3.63, 3.8) is 0 Å². The number of methoxy groups -OCH3 is 1. The van der Waals surface area contributed by atoms with Crippen molar-refractivity contribution < 1.29 is 9.47 Å². The van der Waals surface area contributed by atoms with Crippen LogP contribution >= 0.6 is 0 Å². The molecule has 4 aromatic rings. The molecule has 1 aromatic heterocycles. The van der Waals surface area contributed by atoms with Gasteiger partial charge in [0.05, 0.1) is 12.6 Å². The lowest BCUT2D eigenvalue weighted by Crippen LogP contribution is -1.94. The third-order valence-corrected chi connectivity index (χ3v) is 4.33. The molecule has 0 unspecified atom stereocenters. The lowest BCUT2D eigenvalue weighted by Gasteiger charge is -2.07. The van der Waals surface area contributed by atoms with Gasteiger partial charge in [-0.15, -0.1) is 0 Å². The SMILES string of the molecule is COc1cc2[nH]c3ccc(OCc4ccccc4)cc3c2cc1C. The first-order valence-electron chi connectivity index (χ1n) is 8.01. The van der Waals surface area contributed by atoms with Gasteiger partial charge in [0.15, 0.2) is 0 Å². The zero-order chi connectivity index (χ0) is 16.5. The standard InChI is InChI=1S/C21H19NO2/c1-14-10-17-18-11-16(24-13-15-6-4-3-5-7-15)8-9-19(18)22-20(17)12-21(14)23-2/h3-12,22H,13H2,1-2H3. The Balaban J connectivity index is 1.71. The molecule has 0 aliphatic rings. The van der Waals surface area contributed by atoms with Crippen LogP contribution in [0.5, 0.6) is 11.5 Å². The molecule has 0 atom stereocenters. The van der Waals surface area contributed by atoms with Gasteiger partial charge in [-0.1, -0.05) is 30.3 Å². The molecule has 0 bridgehead atoms. The second-order valence-corrected chi connectivity index (χ2v) is 5.97. The fourth-order valence-electron chi connectivity index (χ4n) is 3.07. The van der Waals surface area contributed by atoms with Crippen LogP contribution in [0.1, 0.15) is 11.1 Å². The minimum absolute atomic E-state index is 0.571. The molecular weight excluding hydrogens is 298 g/mol. The molecule has 0 saturated carbocycles. The third kappa shape index (κ3) is 2.58. The van der Waals surface area contributed by atoms with Gasteiger partial charge in [0, 0.05) is 22.4 Å². The van der Waals surface area contributed by atoms with Gasteiger partial charge >= 0.3 is 0 Å². The highest BCUT2D eigenvalue weighted by atomic mass is 16.5. The Morgan fingerprint density at radius 3 is 2.46 bits per heavy atom. The molecule has 0 radical (unpaired) electrons. The topological polar surface area (TPSA) is 34.2 Å². The number of benzene rings is 3. The average molecular weight is 317 g/mol. The number of hydrogen-bond donors (Lipinski definition) is 1. The number of rotatable bonds is 4. The summed E-state index contributed by atoms with van der Waals surface area (Å²) in [6.07, 6.45) is 0. The second kappa shape index (κ2) is 5.93. The van der Waals surface area contributed by atoms with E-state index in [0.717, 1.165) is 33.7 Å². The third-order valence-electron chi connectivity index (χ3n) is 4.33. The fraction of sp³-hybridized carbons (Fsp3) is 0.143. The van der Waals surface area contributed by atoms with Gasteiger partial charge < -0.3 is 14.5 Å². The largest absolute Gasteiger partial charge is 0.496 e. The Kier molecular flexibility index (Phi) is 3.62. The Labute approximate surface area is 140 Å². The molecule has 3 heteroatoms. The molecule has 0 aliphatic carbocycles. The number of nitrogens with one attached hydrogen (secondary N) is 1. The molecule has 0 aliphatic heterocycles. The van der Waals surface area contributed by atoms with E-state index in [1.54, 1.807) is 7.11 Å². The van der Waals surface area contributed by atoms with Crippen LogP contribution in [0.15, 0.2) is 60.7 Å². The number of aryl methyl sites for hydroxylation is 1. The molecule has 4 rings (SSSR count). The molecule has 0 spiro atoms. The molecule has 0 saturated heterocycles. The number of H-pyrrole nitrogens is 1. The van der Waals surface area contributed by atoms with Crippen LogP contribution in [-0.4, -0.2) is 12.1 Å². The maximum Gasteiger partial charge on any atom is 0.123 e. The molecule has 0 amide bonds. The first-order valence-corrected chi connectivity index (χ1v) is 8.01. The van der Waals surface area contributed by atoms with Crippen molar-refractivity contribution in [1.82, 2.24) is 4.98 Å². The number of aromatic nitrogens is 1. The van der Waals surface area contributed by atoms with Crippen LogP contribution in [0.2, 0.25) is 0 Å². The Morgan fingerprint density at radius 2 is 1.67 bits per heavy atom. The molecule has 1 heterocycles. The van der Waals surface area contributed by atoms with E-state index in [2.05, 4.69) is 48.3 Å². The van der Waals surface area contributed by atoms with Crippen LogP contribution in [-0.2, 0) is 6.61 Å². The zero-order valence-electron chi connectivity index (χ0n) is 13.8. The van der Waals surface area contributed by atoms with E-state index in [1.165, 1.54) is 10.8 Å². The Hall–Kier alpha value is -2.94. The van der Waals surface area contributed by atoms with Crippen molar-refractivity contribution >= 4 is 21.8 Å². The van der Waals surface area contributed by atoms with E-state index < -0.39 is 0 Å². The van der Waals surface area contributed by atoms with Crippen molar-refractivity contribution in [3.8, 4) is 11.5 Å². The Bertz CT molecular complexity index is 1000. The van der Waals surface area contributed by atoms with Crippen molar-refractivity contribution in [3.05, 3.63) is 71.8 Å². The maximum absolute atomic E-state index is 5.96. The number of fused-ring (bicyclic) bond motifs is 3. The fourth-order valence-corrected chi connectivity index (χ4v) is 3.07. The molecule has 120 valence electrons. The summed E-state index contributed by atoms with van der Waals surface area (Å²) >= 11 is 0. The van der Waals surface area contributed by atoms with Crippen LogP contribution in [0.25, 0.3) is 21.8 Å². The van der Waals surface area contributed by atoms with Crippen LogP contribution < -0.4 is 9.47 Å². The molecule has 1 N–H and O–H groups in total. The zero-order valence-corrected chi connectivity index (χ0v) is 13.8. The molecular formula is C21H19NO2. The molecule has 3 aromatic carbocycles. The summed E-state index contributed by atoms with van der Waals surface area (Å²) in [5, 5.41) is 2.36. The molecule has 3 nitrogen and oxygen atoms in total. The predicted molar refractivity (Wildman–Crippen MR) is 97.9 cm³/mol. The predicted octanol–water partition coefficient (Wildman–Crippen LogP) is 5.22. The molecule has 0 fully saturated rings. The minimum Gasteiger partial charge on any atom is -0.496 e. The van der Waals surface area contributed by atoms with E-state index in [-0.39, 0.29) is 0 Å². The monoisotopic (exact) mass is 317 g/mol. The highest BCUT2D eigenvalue weighted by Gasteiger charge is 2.09. The van der Waals surface area contributed by atoms with Gasteiger partial charge in [0.2, 0.25) is 0 Å². The van der Waals surface area contributed by atoms with Gasteiger partial charge in [0.25, 0.3) is 0 Å². The quantitative estimate of drug-likeness (QED) is 0.560. The van der Waals surface area contributed by atoms with Gasteiger partial charge in [-0.25, -0.2) is 0 Å². The summed E-state index contributed by atoms with van der Waals surface area (Å²) in [6, 6.07) is 20.6. The smallest absolute Gasteiger partial charge is 0.123 e. The normalized spacial score (nSPS) is 11.1. The summed E-state index contributed by atoms with van der Waals surface area (Å²) in [5.74, 6) is 1.77. The van der Waals surface area contributed by atoms with E-state index in [1.807, 2.05) is 24.3 Å².